The van der Waals surface area contributed by atoms with Crippen molar-refractivity contribution >= 4 is 23.2 Å². The molecule has 1 aromatic carbocycles. The summed E-state index contributed by atoms with van der Waals surface area (Å²) in [5.41, 5.74) is 0.963. The van der Waals surface area contributed by atoms with Gasteiger partial charge in [0.25, 0.3) is 5.91 Å². The number of amides is 1. The highest BCUT2D eigenvalue weighted by Gasteiger charge is 2.10. The van der Waals surface area contributed by atoms with E-state index in [1.165, 1.54) is 11.3 Å². The Labute approximate surface area is 150 Å². The van der Waals surface area contributed by atoms with Crippen molar-refractivity contribution in [2.45, 2.75) is 39.2 Å². The van der Waals surface area contributed by atoms with Gasteiger partial charge in [0, 0.05) is 13.0 Å². The first kappa shape index (κ1) is 18.9. The second-order valence-electron chi connectivity index (χ2n) is 5.54. The summed E-state index contributed by atoms with van der Waals surface area (Å²) in [5, 5.41) is 12.4. The van der Waals surface area contributed by atoms with Crippen LogP contribution in [-0.4, -0.2) is 28.6 Å². The van der Waals surface area contributed by atoms with Gasteiger partial charge in [-0.1, -0.05) is 19.1 Å². The zero-order valence-corrected chi connectivity index (χ0v) is 15.0. The maximum atomic E-state index is 12.1. The maximum absolute atomic E-state index is 12.1. The van der Waals surface area contributed by atoms with E-state index in [0.29, 0.717) is 30.2 Å². The Hall–Kier alpha value is -2.41. The van der Waals surface area contributed by atoms with Gasteiger partial charge in [-0.15, -0.1) is 11.3 Å². The van der Waals surface area contributed by atoms with E-state index in [-0.39, 0.29) is 12.3 Å². The van der Waals surface area contributed by atoms with Crippen molar-refractivity contribution in [2.24, 2.45) is 0 Å². The van der Waals surface area contributed by atoms with Gasteiger partial charge in [0.05, 0.1) is 17.8 Å². The third-order valence-corrected chi connectivity index (χ3v) is 4.48. The number of thiazole rings is 1. The van der Waals surface area contributed by atoms with Crippen molar-refractivity contribution in [3.63, 3.8) is 0 Å². The molecule has 2 aromatic rings. The number of carboxylic acids is 1. The zero-order valence-electron chi connectivity index (χ0n) is 14.2. The Morgan fingerprint density at radius 3 is 2.72 bits per heavy atom. The summed E-state index contributed by atoms with van der Waals surface area (Å²) >= 11 is 1.43. The average Bonchev–Trinajstić information content (AvgIpc) is 3.06. The molecule has 1 heterocycles. The first-order chi connectivity index (χ1) is 12.1. The van der Waals surface area contributed by atoms with Crippen LogP contribution in [0.1, 0.15) is 46.4 Å². The molecule has 0 spiro atoms. The van der Waals surface area contributed by atoms with Crippen LogP contribution in [0.2, 0.25) is 0 Å². The molecule has 25 heavy (non-hydrogen) atoms. The number of hydrogen-bond acceptors (Lipinski definition) is 5. The largest absolute Gasteiger partial charge is 0.494 e. The molecule has 0 aliphatic heterocycles. The lowest BCUT2D eigenvalue weighted by Gasteiger charge is -2.07. The molecule has 0 aliphatic rings. The van der Waals surface area contributed by atoms with Crippen LogP contribution in [0, 0.1) is 0 Å². The SMILES string of the molecule is CCCc1ncc(C(=O)NCc2ccc(OCCCC(=O)O)cc2)s1. The number of ether oxygens (including phenoxy) is 1. The smallest absolute Gasteiger partial charge is 0.303 e. The van der Waals surface area contributed by atoms with E-state index in [1.54, 1.807) is 6.20 Å². The minimum absolute atomic E-state index is 0.0989. The second-order valence-corrected chi connectivity index (χ2v) is 6.66. The highest BCUT2D eigenvalue weighted by molar-refractivity contribution is 7.13. The topological polar surface area (TPSA) is 88.5 Å². The van der Waals surface area contributed by atoms with E-state index in [4.69, 9.17) is 9.84 Å². The Kier molecular flexibility index (Phi) is 7.40. The van der Waals surface area contributed by atoms with Crippen molar-refractivity contribution in [1.82, 2.24) is 10.3 Å². The predicted molar refractivity (Wildman–Crippen MR) is 96.1 cm³/mol. The average molecular weight is 362 g/mol. The van der Waals surface area contributed by atoms with Crippen LogP contribution in [0.5, 0.6) is 5.75 Å². The van der Waals surface area contributed by atoms with Crippen molar-refractivity contribution in [3.8, 4) is 5.75 Å². The molecule has 2 N–H and O–H groups in total. The number of aryl methyl sites for hydroxylation is 1. The lowest BCUT2D eigenvalue weighted by atomic mass is 10.2. The van der Waals surface area contributed by atoms with Gasteiger partial charge >= 0.3 is 5.97 Å². The summed E-state index contributed by atoms with van der Waals surface area (Å²) in [5.74, 6) is -0.251. The van der Waals surface area contributed by atoms with E-state index in [9.17, 15) is 9.59 Å². The number of carbonyl (C=O) groups excluding carboxylic acids is 1. The number of hydrogen-bond donors (Lipinski definition) is 2. The number of carboxylic acid groups (broad SMARTS) is 1. The molecular weight excluding hydrogens is 340 g/mol. The van der Waals surface area contributed by atoms with Crippen LogP contribution in [0.25, 0.3) is 0 Å². The molecule has 1 aromatic heterocycles. The number of aromatic nitrogens is 1. The minimum atomic E-state index is -0.822. The van der Waals surface area contributed by atoms with E-state index < -0.39 is 5.97 Å². The van der Waals surface area contributed by atoms with Gasteiger partial charge in [-0.2, -0.15) is 0 Å². The van der Waals surface area contributed by atoms with Crippen LogP contribution < -0.4 is 10.1 Å². The normalized spacial score (nSPS) is 10.4. The minimum Gasteiger partial charge on any atom is -0.494 e. The molecule has 0 radical (unpaired) electrons. The van der Waals surface area contributed by atoms with Gasteiger partial charge in [0.2, 0.25) is 0 Å². The standard InChI is InChI=1S/C18H22N2O4S/c1-2-4-16-19-12-15(25-16)18(23)20-11-13-6-8-14(9-7-13)24-10-3-5-17(21)22/h6-9,12H,2-5,10-11H2,1H3,(H,20,23)(H,21,22). The van der Waals surface area contributed by atoms with Gasteiger partial charge in [-0.05, 0) is 37.0 Å². The molecule has 0 saturated carbocycles. The van der Waals surface area contributed by atoms with E-state index >= 15 is 0 Å². The molecule has 0 bridgehead atoms. The Morgan fingerprint density at radius 2 is 2.04 bits per heavy atom. The summed E-state index contributed by atoms with van der Waals surface area (Å²) in [6.45, 7) is 2.88. The maximum Gasteiger partial charge on any atom is 0.303 e. The zero-order chi connectivity index (χ0) is 18.1. The number of benzene rings is 1. The fraction of sp³-hybridized carbons (Fsp3) is 0.389. The van der Waals surface area contributed by atoms with Gasteiger partial charge in [0.1, 0.15) is 10.6 Å². The molecule has 0 unspecified atom stereocenters. The third kappa shape index (κ3) is 6.54. The van der Waals surface area contributed by atoms with Gasteiger partial charge in [0.15, 0.2) is 0 Å². The second kappa shape index (κ2) is 9.78. The summed E-state index contributed by atoms with van der Waals surface area (Å²) in [4.78, 5) is 27.4. The first-order valence-corrected chi connectivity index (χ1v) is 9.06. The van der Waals surface area contributed by atoms with Crippen LogP contribution in [0.3, 0.4) is 0 Å². The van der Waals surface area contributed by atoms with Gasteiger partial charge in [-0.3, -0.25) is 9.59 Å². The van der Waals surface area contributed by atoms with E-state index in [0.717, 1.165) is 23.4 Å². The molecule has 134 valence electrons. The molecule has 0 atom stereocenters. The lowest BCUT2D eigenvalue weighted by Crippen LogP contribution is -2.21. The molecule has 6 nitrogen and oxygen atoms in total. The Balaban J connectivity index is 1.76. The molecular formula is C18H22N2O4S. The highest BCUT2D eigenvalue weighted by atomic mass is 32.1. The molecule has 7 heteroatoms. The highest BCUT2D eigenvalue weighted by Crippen LogP contribution is 2.15. The van der Waals surface area contributed by atoms with Crippen LogP contribution in [-0.2, 0) is 17.8 Å². The van der Waals surface area contributed by atoms with Gasteiger partial charge in [-0.25, -0.2) is 4.98 Å². The van der Waals surface area contributed by atoms with E-state index in [1.807, 2.05) is 24.3 Å². The monoisotopic (exact) mass is 362 g/mol. The summed E-state index contributed by atoms with van der Waals surface area (Å²) < 4.78 is 5.47. The summed E-state index contributed by atoms with van der Waals surface area (Å²) in [6.07, 6.45) is 4.11. The van der Waals surface area contributed by atoms with Crippen molar-refractivity contribution in [2.75, 3.05) is 6.61 Å². The fourth-order valence-electron chi connectivity index (χ4n) is 2.13. The molecule has 2 rings (SSSR count). The van der Waals surface area contributed by atoms with Crippen LogP contribution in [0.15, 0.2) is 30.5 Å². The number of nitrogens with zero attached hydrogens (tertiary/aromatic N) is 1. The van der Waals surface area contributed by atoms with E-state index in [2.05, 4.69) is 17.2 Å². The molecule has 0 aliphatic carbocycles. The van der Waals surface area contributed by atoms with Crippen molar-refractivity contribution in [3.05, 3.63) is 45.9 Å². The van der Waals surface area contributed by atoms with Gasteiger partial charge < -0.3 is 15.2 Å². The lowest BCUT2D eigenvalue weighted by molar-refractivity contribution is -0.137. The van der Waals surface area contributed by atoms with Crippen molar-refractivity contribution < 1.29 is 19.4 Å². The summed E-state index contributed by atoms with van der Waals surface area (Å²) in [6, 6.07) is 7.38. The Bertz CT molecular complexity index is 697. The Morgan fingerprint density at radius 1 is 1.28 bits per heavy atom. The predicted octanol–water partition coefficient (Wildman–Crippen LogP) is 3.27. The molecule has 0 saturated heterocycles. The molecule has 1 amide bonds. The molecule has 0 fully saturated rings. The number of rotatable bonds is 10. The number of nitrogens with one attached hydrogen (secondary N) is 1. The number of carbonyl (C=O) groups is 2. The first-order valence-electron chi connectivity index (χ1n) is 8.25. The van der Waals surface area contributed by atoms with Crippen LogP contribution in [0.4, 0.5) is 0 Å². The fourth-order valence-corrected chi connectivity index (χ4v) is 3.07. The number of aliphatic carboxylic acids is 1. The third-order valence-electron chi connectivity index (χ3n) is 3.42. The van der Waals surface area contributed by atoms with Crippen LogP contribution >= 0.6 is 11.3 Å². The quantitative estimate of drug-likeness (QED) is 0.633. The van der Waals surface area contributed by atoms with Crippen molar-refractivity contribution in [1.29, 1.82) is 0 Å². The summed E-state index contributed by atoms with van der Waals surface area (Å²) in [7, 11) is 0.